The first kappa shape index (κ1) is 11.4. The minimum atomic E-state index is -4.96. The average Bonchev–Trinajstić information content (AvgIpc) is 2.26. The summed E-state index contributed by atoms with van der Waals surface area (Å²) in [4.78, 5) is 11.3. The maximum Gasteiger partial charge on any atom is 0.575 e. The minimum Gasteiger partial charge on any atom is -0.369 e. The van der Waals surface area contributed by atoms with Crippen molar-refractivity contribution in [1.29, 1.82) is 0 Å². The molecule has 0 saturated heterocycles. The number of alkyl halides is 3. The third-order valence-electron chi connectivity index (χ3n) is 2.22. The first-order valence-electron chi connectivity index (χ1n) is 4.75. The van der Waals surface area contributed by atoms with Gasteiger partial charge in [0.15, 0.2) is 0 Å². The fourth-order valence-corrected chi connectivity index (χ4v) is 1.56. The Bertz CT molecular complexity index is 556. The summed E-state index contributed by atoms with van der Waals surface area (Å²) in [6, 6.07) is 11.2. The highest BCUT2D eigenvalue weighted by Gasteiger charge is 2.34. The Morgan fingerprint density at radius 2 is 1.65 bits per heavy atom. The Labute approximate surface area is 94.6 Å². The van der Waals surface area contributed by atoms with Crippen LogP contribution in [0.1, 0.15) is 10.4 Å². The second kappa shape index (κ2) is 4.08. The molecule has 5 heteroatoms. The summed E-state index contributed by atoms with van der Waals surface area (Å²) in [5.41, 5.74) is -0.0968. The van der Waals surface area contributed by atoms with Crippen molar-refractivity contribution in [2.75, 3.05) is 0 Å². The van der Waals surface area contributed by atoms with Crippen molar-refractivity contribution >= 4 is 16.7 Å². The van der Waals surface area contributed by atoms with Gasteiger partial charge in [-0.25, -0.2) is 4.79 Å². The third-order valence-corrected chi connectivity index (χ3v) is 2.22. The molecule has 0 aliphatic carbocycles. The molecule has 0 atom stereocenters. The molecule has 0 aliphatic heterocycles. The number of carbonyl (C=O) groups excluding carboxylic acids is 1. The van der Waals surface area contributed by atoms with Crippen LogP contribution >= 0.6 is 0 Å². The molecule has 0 bridgehead atoms. The summed E-state index contributed by atoms with van der Waals surface area (Å²) in [7, 11) is 0. The molecule has 2 rings (SSSR count). The van der Waals surface area contributed by atoms with Crippen molar-refractivity contribution in [2.45, 2.75) is 6.36 Å². The van der Waals surface area contributed by atoms with E-state index < -0.39 is 12.3 Å². The molecule has 0 amide bonds. The maximum atomic E-state index is 11.9. The lowest BCUT2D eigenvalue weighted by Gasteiger charge is -2.08. The van der Waals surface area contributed by atoms with Crippen LogP contribution < -0.4 is 0 Å². The lowest BCUT2D eigenvalue weighted by Crippen LogP contribution is -2.19. The summed E-state index contributed by atoms with van der Waals surface area (Å²) in [5, 5.41) is 1.12. The SMILES string of the molecule is O=C(OC(F)(F)F)c1cccc2ccccc12. The van der Waals surface area contributed by atoms with Gasteiger partial charge in [0.05, 0.1) is 5.56 Å². The summed E-state index contributed by atoms with van der Waals surface area (Å²) in [6.07, 6.45) is -4.96. The Kier molecular flexibility index (Phi) is 2.75. The maximum absolute atomic E-state index is 11.9. The number of hydrogen-bond donors (Lipinski definition) is 0. The van der Waals surface area contributed by atoms with Gasteiger partial charge in [-0.05, 0) is 16.8 Å². The van der Waals surface area contributed by atoms with Crippen molar-refractivity contribution < 1.29 is 22.7 Å². The number of fused-ring (bicyclic) bond motifs is 1. The van der Waals surface area contributed by atoms with Crippen molar-refractivity contribution in [3.8, 4) is 0 Å². The van der Waals surface area contributed by atoms with Gasteiger partial charge in [-0.1, -0.05) is 36.4 Å². The summed E-state index contributed by atoms with van der Waals surface area (Å²) in [6.45, 7) is 0. The smallest absolute Gasteiger partial charge is 0.369 e. The lowest BCUT2D eigenvalue weighted by molar-refractivity contribution is -0.291. The van der Waals surface area contributed by atoms with Gasteiger partial charge in [-0.15, -0.1) is 13.2 Å². The van der Waals surface area contributed by atoms with Crippen LogP contribution in [0.15, 0.2) is 42.5 Å². The molecule has 0 fully saturated rings. The van der Waals surface area contributed by atoms with Crippen LogP contribution in [0.4, 0.5) is 13.2 Å². The van der Waals surface area contributed by atoms with Crippen LogP contribution in [0.2, 0.25) is 0 Å². The summed E-state index contributed by atoms with van der Waals surface area (Å²) in [5.74, 6) is -1.39. The first-order valence-corrected chi connectivity index (χ1v) is 4.75. The first-order chi connectivity index (χ1) is 7.97. The van der Waals surface area contributed by atoms with Crippen LogP contribution in [0, 0.1) is 0 Å². The van der Waals surface area contributed by atoms with E-state index >= 15 is 0 Å². The van der Waals surface area contributed by atoms with E-state index in [2.05, 4.69) is 4.74 Å². The van der Waals surface area contributed by atoms with Crippen LogP contribution in [-0.4, -0.2) is 12.3 Å². The summed E-state index contributed by atoms with van der Waals surface area (Å²) < 4.78 is 39.2. The molecule has 2 aromatic carbocycles. The number of benzene rings is 2. The molecule has 0 spiro atoms. The molecule has 2 aromatic rings. The molecule has 0 heterocycles. The van der Waals surface area contributed by atoms with E-state index in [0.29, 0.717) is 10.8 Å². The van der Waals surface area contributed by atoms with Crippen LogP contribution in [-0.2, 0) is 4.74 Å². The predicted octanol–water partition coefficient (Wildman–Crippen LogP) is 3.52. The zero-order valence-corrected chi connectivity index (χ0v) is 8.49. The third kappa shape index (κ3) is 2.55. The van der Waals surface area contributed by atoms with Gasteiger partial charge in [-0.3, -0.25) is 0 Å². The number of ether oxygens (including phenoxy) is 1. The standard InChI is InChI=1S/C12H7F3O2/c13-12(14,15)17-11(16)10-7-3-5-8-4-1-2-6-9(8)10/h1-7H. The lowest BCUT2D eigenvalue weighted by atomic mass is 10.1. The molecule has 2 nitrogen and oxygen atoms in total. The van der Waals surface area contributed by atoms with Gasteiger partial charge in [-0.2, -0.15) is 0 Å². The zero-order chi connectivity index (χ0) is 12.5. The molecular weight excluding hydrogens is 233 g/mol. The number of esters is 1. The molecule has 0 unspecified atom stereocenters. The van der Waals surface area contributed by atoms with Gasteiger partial charge in [0.1, 0.15) is 0 Å². The Balaban J connectivity index is 2.45. The molecule has 88 valence electrons. The fraction of sp³-hybridized carbons (Fsp3) is 0.0833. The van der Waals surface area contributed by atoms with E-state index in [4.69, 9.17) is 0 Å². The molecular formula is C12H7F3O2. The van der Waals surface area contributed by atoms with Crippen LogP contribution in [0.5, 0.6) is 0 Å². The zero-order valence-electron chi connectivity index (χ0n) is 8.49. The van der Waals surface area contributed by atoms with Gasteiger partial charge in [0, 0.05) is 0 Å². The Hall–Kier alpha value is -2.04. The monoisotopic (exact) mass is 240 g/mol. The average molecular weight is 240 g/mol. The summed E-state index contributed by atoms with van der Waals surface area (Å²) >= 11 is 0. The largest absolute Gasteiger partial charge is 0.575 e. The van der Waals surface area contributed by atoms with Gasteiger partial charge < -0.3 is 4.74 Å². The number of hydrogen-bond acceptors (Lipinski definition) is 2. The van der Waals surface area contributed by atoms with Gasteiger partial charge >= 0.3 is 12.3 Å². The highest BCUT2D eigenvalue weighted by Crippen LogP contribution is 2.23. The minimum absolute atomic E-state index is 0.0968. The van der Waals surface area contributed by atoms with Crippen molar-refractivity contribution in [3.63, 3.8) is 0 Å². The predicted molar refractivity (Wildman–Crippen MR) is 55.4 cm³/mol. The normalized spacial score (nSPS) is 11.5. The van der Waals surface area contributed by atoms with E-state index in [1.165, 1.54) is 12.1 Å². The fourth-order valence-electron chi connectivity index (χ4n) is 1.56. The second-order valence-corrected chi connectivity index (χ2v) is 3.36. The Morgan fingerprint density at radius 3 is 2.35 bits per heavy atom. The van der Waals surface area contributed by atoms with E-state index in [1.807, 2.05) is 0 Å². The highest BCUT2D eigenvalue weighted by atomic mass is 19.4. The van der Waals surface area contributed by atoms with Crippen LogP contribution in [0.25, 0.3) is 10.8 Å². The quantitative estimate of drug-likeness (QED) is 0.713. The molecule has 0 radical (unpaired) electrons. The van der Waals surface area contributed by atoms with Gasteiger partial charge in [0.25, 0.3) is 0 Å². The van der Waals surface area contributed by atoms with E-state index in [-0.39, 0.29) is 5.56 Å². The van der Waals surface area contributed by atoms with Crippen molar-refractivity contribution in [1.82, 2.24) is 0 Å². The molecule has 0 aromatic heterocycles. The number of rotatable bonds is 1. The molecule has 0 N–H and O–H groups in total. The van der Waals surface area contributed by atoms with Crippen LogP contribution in [0.3, 0.4) is 0 Å². The van der Waals surface area contributed by atoms with Crippen molar-refractivity contribution in [3.05, 3.63) is 48.0 Å². The molecule has 17 heavy (non-hydrogen) atoms. The van der Waals surface area contributed by atoms with Gasteiger partial charge in [0.2, 0.25) is 0 Å². The number of carbonyl (C=O) groups is 1. The van der Waals surface area contributed by atoms with E-state index in [0.717, 1.165) is 0 Å². The Morgan fingerprint density at radius 1 is 1.00 bits per heavy atom. The van der Waals surface area contributed by atoms with E-state index in [1.54, 1.807) is 30.3 Å². The topological polar surface area (TPSA) is 26.3 Å². The van der Waals surface area contributed by atoms with E-state index in [9.17, 15) is 18.0 Å². The second-order valence-electron chi connectivity index (χ2n) is 3.36. The number of halogens is 3. The molecule has 0 aliphatic rings. The van der Waals surface area contributed by atoms with Crippen molar-refractivity contribution in [2.24, 2.45) is 0 Å². The highest BCUT2D eigenvalue weighted by molar-refractivity contribution is 6.04. The molecule has 0 saturated carbocycles.